The normalized spacial score (nSPS) is 18.7. The Morgan fingerprint density at radius 1 is 1.13 bits per heavy atom. The molecule has 0 saturated carbocycles. The molecule has 0 radical (unpaired) electrons. The molecule has 1 saturated heterocycles. The number of halogens is 3. The average Bonchev–Trinajstić information content (AvgIpc) is 3.28. The second-order valence-electron chi connectivity index (χ2n) is 9.88. The van der Waals surface area contributed by atoms with Gasteiger partial charge in [-0.2, -0.15) is 18.3 Å². The molecule has 8 nitrogen and oxygen atoms in total. The minimum Gasteiger partial charge on any atom is -0.480 e. The third-order valence-electron chi connectivity index (χ3n) is 7.50. The van der Waals surface area contributed by atoms with Crippen LogP contribution in [0.5, 0.6) is 5.88 Å². The number of amides is 2. The smallest absolute Gasteiger partial charge is 0.416 e. The van der Waals surface area contributed by atoms with E-state index in [1.807, 2.05) is 19.9 Å². The van der Waals surface area contributed by atoms with Crippen LogP contribution in [0.25, 0.3) is 0 Å². The molecule has 0 unspecified atom stereocenters. The van der Waals surface area contributed by atoms with E-state index >= 15 is 0 Å². The van der Waals surface area contributed by atoms with Crippen LogP contribution in [0, 0.1) is 6.92 Å². The SMILES string of the molecule is COc1nccc(C)c1N1CCC(N2C(=O)N(Cc3ccccc3C(F)(F)F)c3cn(C)nc3[C@@H]2C)CC1. The predicted molar refractivity (Wildman–Crippen MR) is 137 cm³/mol. The summed E-state index contributed by atoms with van der Waals surface area (Å²) >= 11 is 0. The highest BCUT2D eigenvalue weighted by Crippen LogP contribution is 2.41. The van der Waals surface area contributed by atoms with Gasteiger partial charge in [0.1, 0.15) is 11.4 Å². The molecule has 1 atom stereocenters. The quantitative estimate of drug-likeness (QED) is 0.448. The van der Waals surface area contributed by atoms with Crippen molar-refractivity contribution in [1.29, 1.82) is 0 Å². The Balaban J connectivity index is 1.43. The van der Waals surface area contributed by atoms with Crippen LogP contribution in [0.1, 0.15) is 48.2 Å². The van der Waals surface area contributed by atoms with Crippen molar-refractivity contribution in [1.82, 2.24) is 19.7 Å². The number of anilines is 2. The van der Waals surface area contributed by atoms with Gasteiger partial charge in [0, 0.05) is 38.6 Å². The fourth-order valence-corrected chi connectivity index (χ4v) is 5.70. The number of benzene rings is 1. The number of urea groups is 1. The van der Waals surface area contributed by atoms with Crippen LogP contribution in [-0.2, 0) is 19.8 Å². The first-order valence-corrected chi connectivity index (χ1v) is 12.6. The number of aromatic nitrogens is 3. The molecule has 11 heteroatoms. The topological polar surface area (TPSA) is 66.7 Å². The number of carbonyl (C=O) groups excluding carboxylic acids is 1. The number of ether oxygens (including phenoxy) is 1. The molecular weight excluding hydrogens is 497 g/mol. The molecule has 4 heterocycles. The number of rotatable bonds is 5. The van der Waals surface area contributed by atoms with Crippen LogP contribution < -0.4 is 14.5 Å². The first-order valence-electron chi connectivity index (χ1n) is 12.6. The van der Waals surface area contributed by atoms with Gasteiger partial charge < -0.3 is 14.5 Å². The lowest BCUT2D eigenvalue weighted by molar-refractivity contribution is -0.138. The maximum atomic E-state index is 14.0. The van der Waals surface area contributed by atoms with Crippen LogP contribution in [0.15, 0.2) is 42.7 Å². The van der Waals surface area contributed by atoms with Crippen LogP contribution in [0.3, 0.4) is 0 Å². The first kappa shape index (κ1) is 25.9. The van der Waals surface area contributed by atoms with Crippen LogP contribution in [0.4, 0.5) is 29.3 Å². The number of nitrogens with zero attached hydrogens (tertiary/aromatic N) is 6. The second-order valence-corrected chi connectivity index (χ2v) is 9.88. The molecule has 38 heavy (non-hydrogen) atoms. The van der Waals surface area contributed by atoms with Gasteiger partial charge in [-0.1, -0.05) is 18.2 Å². The first-order chi connectivity index (χ1) is 18.1. The van der Waals surface area contributed by atoms with Crippen LogP contribution in [0.2, 0.25) is 0 Å². The van der Waals surface area contributed by atoms with E-state index in [1.54, 1.807) is 42.2 Å². The number of methoxy groups -OCH3 is 1. The van der Waals surface area contributed by atoms with E-state index in [-0.39, 0.29) is 30.2 Å². The zero-order chi connectivity index (χ0) is 27.2. The summed E-state index contributed by atoms with van der Waals surface area (Å²) in [6, 6.07) is 6.65. The molecule has 0 spiro atoms. The largest absolute Gasteiger partial charge is 0.480 e. The Morgan fingerprint density at radius 2 is 1.84 bits per heavy atom. The van der Waals surface area contributed by atoms with Crippen molar-refractivity contribution in [3.63, 3.8) is 0 Å². The number of piperidine rings is 1. The fourth-order valence-electron chi connectivity index (χ4n) is 5.70. The number of alkyl halides is 3. The maximum Gasteiger partial charge on any atom is 0.416 e. The van der Waals surface area contributed by atoms with E-state index < -0.39 is 11.7 Å². The molecule has 2 aromatic heterocycles. The predicted octanol–water partition coefficient (Wildman–Crippen LogP) is 5.32. The summed E-state index contributed by atoms with van der Waals surface area (Å²) < 4.78 is 48.3. The summed E-state index contributed by atoms with van der Waals surface area (Å²) in [5.74, 6) is 0.568. The van der Waals surface area contributed by atoms with Crippen molar-refractivity contribution in [3.05, 3.63) is 65.1 Å². The summed E-state index contributed by atoms with van der Waals surface area (Å²) in [7, 11) is 3.35. The van der Waals surface area contributed by atoms with Crippen molar-refractivity contribution in [2.75, 3.05) is 30.0 Å². The Morgan fingerprint density at radius 3 is 2.53 bits per heavy atom. The summed E-state index contributed by atoms with van der Waals surface area (Å²) in [6.07, 6.45) is 0.301. The highest BCUT2D eigenvalue weighted by Gasteiger charge is 2.43. The molecule has 0 aliphatic carbocycles. The van der Waals surface area contributed by atoms with Crippen molar-refractivity contribution in [2.24, 2.45) is 7.05 Å². The van der Waals surface area contributed by atoms with Crippen LogP contribution in [-0.4, -0.2) is 51.9 Å². The van der Waals surface area contributed by atoms with Gasteiger partial charge in [0.25, 0.3) is 0 Å². The molecule has 5 rings (SSSR count). The fraction of sp³-hybridized carbons (Fsp3) is 0.444. The van der Waals surface area contributed by atoms with E-state index in [0.29, 0.717) is 43.2 Å². The second kappa shape index (κ2) is 9.85. The minimum atomic E-state index is -4.52. The van der Waals surface area contributed by atoms with Gasteiger partial charge >= 0.3 is 12.2 Å². The molecule has 3 aromatic rings. The van der Waals surface area contributed by atoms with Gasteiger partial charge in [0.2, 0.25) is 5.88 Å². The third-order valence-corrected chi connectivity index (χ3v) is 7.50. The van der Waals surface area contributed by atoms with Crippen LogP contribution >= 0.6 is 0 Å². The van der Waals surface area contributed by atoms with Gasteiger partial charge in [-0.3, -0.25) is 9.58 Å². The van der Waals surface area contributed by atoms with E-state index in [0.717, 1.165) is 17.3 Å². The number of carbonyl (C=O) groups is 1. The Labute approximate surface area is 219 Å². The Kier molecular flexibility index (Phi) is 6.70. The Hall–Kier alpha value is -3.76. The average molecular weight is 529 g/mol. The molecule has 1 aromatic carbocycles. The molecule has 1 fully saturated rings. The van der Waals surface area contributed by atoms with Crippen molar-refractivity contribution >= 4 is 17.4 Å². The van der Waals surface area contributed by atoms with Gasteiger partial charge in [0.15, 0.2) is 0 Å². The molecule has 202 valence electrons. The van der Waals surface area contributed by atoms with E-state index in [2.05, 4.69) is 15.0 Å². The summed E-state index contributed by atoms with van der Waals surface area (Å²) in [6.45, 7) is 5.14. The lowest BCUT2D eigenvalue weighted by atomic mass is 9.97. The lowest BCUT2D eigenvalue weighted by Gasteiger charge is -2.46. The molecular formula is C27H31F3N6O2. The number of hydrogen-bond donors (Lipinski definition) is 0. The van der Waals surface area contributed by atoms with Crippen molar-refractivity contribution in [3.8, 4) is 5.88 Å². The molecule has 2 amide bonds. The van der Waals surface area contributed by atoms with E-state index in [1.165, 1.54) is 17.0 Å². The van der Waals surface area contributed by atoms with E-state index in [4.69, 9.17) is 4.74 Å². The van der Waals surface area contributed by atoms with Crippen molar-refractivity contribution < 1.29 is 22.7 Å². The minimum absolute atomic E-state index is 0.0478. The zero-order valence-electron chi connectivity index (χ0n) is 21.9. The van der Waals surface area contributed by atoms with Gasteiger partial charge in [-0.15, -0.1) is 0 Å². The standard InChI is InChI=1S/C27H31F3N6O2/c1-17-9-12-31-25(38-4)24(17)34-13-10-20(11-14-34)36-18(2)23-22(16-33(3)32-23)35(26(36)37)15-19-7-5-6-8-21(19)27(28,29)30/h5-9,12,16,18,20H,10-11,13-15H2,1-4H3/t18-/m0/s1. The van der Waals surface area contributed by atoms with Gasteiger partial charge in [0.05, 0.1) is 30.9 Å². The highest BCUT2D eigenvalue weighted by molar-refractivity contribution is 5.95. The molecule has 0 bridgehead atoms. The Bertz CT molecular complexity index is 1330. The molecule has 2 aliphatic rings. The van der Waals surface area contributed by atoms with Gasteiger partial charge in [-0.05, 0) is 49.9 Å². The number of hydrogen-bond acceptors (Lipinski definition) is 5. The lowest BCUT2D eigenvalue weighted by Crippen LogP contribution is -2.55. The molecule has 0 N–H and O–H groups in total. The van der Waals surface area contributed by atoms with E-state index in [9.17, 15) is 18.0 Å². The summed E-state index contributed by atoms with van der Waals surface area (Å²) in [5.41, 5.74) is 2.55. The zero-order valence-corrected chi connectivity index (χ0v) is 21.9. The summed E-state index contributed by atoms with van der Waals surface area (Å²) in [5, 5.41) is 4.60. The summed E-state index contributed by atoms with van der Waals surface area (Å²) in [4.78, 5) is 23.8. The maximum absolute atomic E-state index is 14.0. The third kappa shape index (κ3) is 4.54. The van der Waals surface area contributed by atoms with Crippen molar-refractivity contribution in [2.45, 2.75) is 51.5 Å². The number of aryl methyl sites for hydroxylation is 2. The highest BCUT2D eigenvalue weighted by atomic mass is 19.4. The van der Waals surface area contributed by atoms with Gasteiger partial charge in [-0.25, -0.2) is 9.78 Å². The monoisotopic (exact) mass is 528 g/mol. The number of fused-ring (bicyclic) bond motifs is 1. The molecule has 2 aliphatic heterocycles. The number of pyridine rings is 1.